The lowest BCUT2D eigenvalue weighted by Crippen LogP contribution is -2.06. The number of rotatable bonds is 5. The monoisotopic (exact) mass is 497 g/mol. The maximum atomic E-state index is 11.1. The molecule has 0 aliphatic carbocycles. The topological polar surface area (TPSA) is 38.3 Å². The molecule has 0 atom stereocenters. The second-order valence-electron chi connectivity index (χ2n) is 6.97. The minimum Gasteiger partial charge on any atom is -0.388 e. The van der Waals surface area contributed by atoms with Gasteiger partial charge in [0.25, 0.3) is 0 Å². The minimum absolute atomic E-state index is 0.0666. The van der Waals surface area contributed by atoms with E-state index in [0.717, 1.165) is 21.6 Å². The van der Waals surface area contributed by atoms with Gasteiger partial charge in [0, 0.05) is 36.2 Å². The molecule has 1 amide bonds. The van der Waals surface area contributed by atoms with E-state index in [1.165, 1.54) is 31.1 Å². The molecule has 2 aromatic rings. The predicted molar refractivity (Wildman–Crippen MR) is 140 cm³/mol. The molecule has 0 unspecified atom stereocenters. The SMILES string of the molecule is CC(=O)Nc1ccc(Br)cc1/C=C/c1cccs1.CCC(C)C.CCCC.COC. The van der Waals surface area contributed by atoms with Crippen LogP contribution in [-0.4, -0.2) is 20.1 Å². The van der Waals surface area contributed by atoms with Crippen molar-refractivity contribution in [2.45, 2.75) is 60.8 Å². The lowest BCUT2D eigenvalue weighted by Gasteiger charge is -2.07. The number of hydrogen-bond donors (Lipinski definition) is 1. The third kappa shape index (κ3) is 18.6. The Kier molecular flexibility index (Phi) is 21.4. The second-order valence-corrected chi connectivity index (χ2v) is 8.87. The summed E-state index contributed by atoms with van der Waals surface area (Å²) in [7, 11) is 3.25. The fourth-order valence-electron chi connectivity index (χ4n) is 1.53. The molecule has 170 valence electrons. The summed E-state index contributed by atoms with van der Waals surface area (Å²) in [4.78, 5) is 12.3. The number of anilines is 1. The van der Waals surface area contributed by atoms with Crippen LogP contribution >= 0.6 is 27.3 Å². The number of hydrogen-bond acceptors (Lipinski definition) is 3. The van der Waals surface area contributed by atoms with Crippen LogP contribution in [0.2, 0.25) is 0 Å². The van der Waals surface area contributed by atoms with Crippen LogP contribution in [0.3, 0.4) is 0 Å². The lowest BCUT2D eigenvalue weighted by atomic mass is 10.1. The first-order chi connectivity index (χ1) is 14.2. The highest BCUT2D eigenvalue weighted by Crippen LogP contribution is 2.24. The molecule has 3 nitrogen and oxygen atoms in total. The lowest BCUT2D eigenvalue weighted by molar-refractivity contribution is -0.114. The number of benzene rings is 1. The highest BCUT2D eigenvalue weighted by atomic mass is 79.9. The van der Waals surface area contributed by atoms with E-state index in [4.69, 9.17) is 0 Å². The molecular weight excluding hydrogens is 458 g/mol. The summed E-state index contributed by atoms with van der Waals surface area (Å²) in [5.41, 5.74) is 1.80. The van der Waals surface area contributed by atoms with Gasteiger partial charge >= 0.3 is 0 Å². The molecule has 0 aliphatic rings. The number of ether oxygens (including phenoxy) is 1. The third-order valence-electron chi connectivity index (χ3n) is 3.61. The molecule has 1 N–H and O–H groups in total. The van der Waals surface area contributed by atoms with Crippen molar-refractivity contribution in [3.8, 4) is 0 Å². The quantitative estimate of drug-likeness (QED) is 0.447. The van der Waals surface area contributed by atoms with E-state index >= 15 is 0 Å². The van der Waals surface area contributed by atoms with Crippen molar-refractivity contribution in [2.75, 3.05) is 19.5 Å². The molecule has 5 heteroatoms. The number of thiophene rings is 1. The number of carbonyl (C=O) groups excluding carboxylic acids is 1. The molecular formula is C25H40BrNO2S. The van der Waals surface area contributed by atoms with Crippen LogP contribution in [0, 0.1) is 5.92 Å². The molecule has 0 saturated carbocycles. The van der Waals surface area contributed by atoms with Gasteiger partial charge in [0.1, 0.15) is 0 Å². The number of methoxy groups -OCH3 is 1. The molecule has 0 saturated heterocycles. The summed E-state index contributed by atoms with van der Waals surface area (Å²) in [5, 5.41) is 4.86. The van der Waals surface area contributed by atoms with Gasteiger partial charge in [-0.1, -0.05) is 82.0 Å². The molecule has 2 rings (SSSR count). The zero-order valence-corrected chi connectivity index (χ0v) is 22.3. The van der Waals surface area contributed by atoms with E-state index in [2.05, 4.69) is 66.7 Å². The largest absolute Gasteiger partial charge is 0.388 e. The van der Waals surface area contributed by atoms with Crippen molar-refractivity contribution in [3.05, 3.63) is 50.6 Å². The third-order valence-corrected chi connectivity index (χ3v) is 4.94. The average molecular weight is 499 g/mol. The Morgan fingerprint density at radius 3 is 2.10 bits per heavy atom. The second kappa shape index (κ2) is 20.8. The van der Waals surface area contributed by atoms with Gasteiger partial charge in [-0.25, -0.2) is 0 Å². The maximum Gasteiger partial charge on any atom is 0.221 e. The van der Waals surface area contributed by atoms with Crippen molar-refractivity contribution in [1.82, 2.24) is 0 Å². The minimum atomic E-state index is -0.0666. The van der Waals surface area contributed by atoms with Crippen LogP contribution in [-0.2, 0) is 9.53 Å². The van der Waals surface area contributed by atoms with Crippen LogP contribution < -0.4 is 5.32 Å². The maximum absolute atomic E-state index is 11.1. The van der Waals surface area contributed by atoms with Crippen LogP contribution in [0.25, 0.3) is 12.2 Å². The van der Waals surface area contributed by atoms with Crippen LogP contribution in [0.15, 0.2) is 40.2 Å². The normalized spacial score (nSPS) is 9.67. The van der Waals surface area contributed by atoms with Crippen molar-refractivity contribution in [3.63, 3.8) is 0 Å². The van der Waals surface area contributed by atoms with E-state index in [-0.39, 0.29) is 5.91 Å². The van der Waals surface area contributed by atoms with E-state index in [9.17, 15) is 4.79 Å². The molecule has 0 spiro atoms. The fourth-order valence-corrected chi connectivity index (χ4v) is 2.53. The summed E-state index contributed by atoms with van der Waals surface area (Å²) in [6.45, 7) is 12.5. The first-order valence-corrected chi connectivity index (χ1v) is 12.1. The summed E-state index contributed by atoms with van der Waals surface area (Å²) in [5.74, 6) is 0.818. The summed E-state index contributed by atoms with van der Waals surface area (Å²) in [6, 6.07) is 9.85. The average Bonchev–Trinajstić information content (AvgIpc) is 3.22. The smallest absolute Gasteiger partial charge is 0.221 e. The Morgan fingerprint density at radius 2 is 1.70 bits per heavy atom. The predicted octanol–water partition coefficient (Wildman–Crippen LogP) is 8.76. The number of carbonyl (C=O) groups is 1. The summed E-state index contributed by atoms with van der Waals surface area (Å²) >= 11 is 5.12. The Balaban J connectivity index is 0. The van der Waals surface area contributed by atoms with Crippen LogP contribution in [0.4, 0.5) is 5.69 Å². The molecule has 0 bridgehead atoms. The highest BCUT2D eigenvalue weighted by Gasteiger charge is 2.02. The molecule has 0 fully saturated rings. The first kappa shape index (κ1) is 30.8. The molecule has 1 aromatic carbocycles. The number of unbranched alkanes of at least 4 members (excludes halogenated alkanes) is 1. The molecule has 1 aromatic heterocycles. The number of nitrogens with one attached hydrogen (secondary N) is 1. The zero-order valence-electron chi connectivity index (χ0n) is 19.9. The van der Waals surface area contributed by atoms with Gasteiger partial charge in [-0.2, -0.15) is 0 Å². The Morgan fingerprint density at radius 1 is 1.13 bits per heavy atom. The van der Waals surface area contributed by atoms with Gasteiger partial charge < -0.3 is 10.1 Å². The molecule has 1 heterocycles. The van der Waals surface area contributed by atoms with Gasteiger partial charge in [0.15, 0.2) is 0 Å². The van der Waals surface area contributed by atoms with Crippen molar-refractivity contribution >= 4 is 51.0 Å². The van der Waals surface area contributed by atoms with Crippen molar-refractivity contribution in [1.29, 1.82) is 0 Å². The van der Waals surface area contributed by atoms with Gasteiger partial charge in [-0.3, -0.25) is 4.79 Å². The van der Waals surface area contributed by atoms with Crippen molar-refractivity contribution in [2.24, 2.45) is 5.92 Å². The van der Waals surface area contributed by atoms with E-state index in [1.807, 2.05) is 41.8 Å². The highest BCUT2D eigenvalue weighted by molar-refractivity contribution is 9.10. The molecule has 0 aliphatic heterocycles. The van der Waals surface area contributed by atoms with E-state index < -0.39 is 0 Å². The molecule has 0 radical (unpaired) electrons. The summed E-state index contributed by atoms with van der Waals surface area (Å²) in [6.07, 6.45) is 7.99. The zero-order chi connectivity index (χ0) is 23.4. The number of amides is 1. The Hall–Kier alpha value is -1.43. The van der Waals surface area contributed by atoms with Gasteiger partial charge in [0.2, 0.25) is 5.91 Å². The Bertz CT molecular complexity index is 680. The van der Waals surface area contributed by atoms with E-state index in [1.54, 1.807) is 25.6 Å². The van der Waals surface area contributed by atoms with Gasteiger partial charge in [-0.15, -0.1) is 11.3 Å². The molecule has 30 heavy (non-hydrogen) atoms. The van der Waals surface area contributed by atoms with E-state index in [0.29, 0.717) is 0 Å². The summed E-state index contributed by atoms with van der Waals surface area (Å²) < 4.78 is 5.24. The number of halogens is 1. The van der Waals surface area contributed by atoms with Gasteiger partial charge in [0.05, 0.1) is 0 Å². The van der Waals surface area contributed by atoms with Gasteiger partial charge in [-0.05, 0) is 47.2 Å². The standard InChI is InChI=1S/C14H12BrNOS.C5H12.C4H10.C2H6O/c1-10(17)16-14-7-5-12(15)9-11(14)4-6-13-3-2-8-18-13;1-4-5(2)3;1-3-4-2;1-3-2/h2-9H,1H3,(H,16,17);5H,4H2,1-3H3;3-4H2,1-2H3;1-2H3/b6-4+;;;. The Labute approximate surface area is 197 Å². The van der Waals surface area contributed by atoms with Crippen LogP contribution in [0.5, 0.6) is 0 Å². The first-order valence-electron chi connectivity index (χ1n) is 10.4. The fraction of sp³-hybridized carbons (Fsp3) is 0.480. The van der Waals surface area contributed by atoms with Crippen LogP contribution in [0.1, 0.15) is 71.2 Å². The van der Waals surface area contributed by atoms with Crippen molar-refractivity contribution < 1.29 is 9.53 Å².